The van der Waals surface area contributed by atoms with Crippen molar-refractivity contribution in [3.05, 3.63) is 29.8 Å². The van der Waals surface area contributed by atoms with Crippen molar-refractivity contribution >= 4 is 5.69 Å². The zero-order valence-electron chi connectivity index (χ0n) is 13.7. The van der Waals surface area contributed by atoms with Crippen LogP contribution in [0, 0.1) is 5.41 Å². The molecule has 0 bridgehead atoms. The van der Waals surface area contributed by atoms with Crippen LogP contribution in [0.5, 0.6) is 0 Å². The van der Waals surface area contributed by atoms with E-state index in [-0.39, 0.29) is 12.0 Å². The van der Waals surface area contributed by atoms with Gasteiger partial charge in [0.15, 0.2) is 0 Å². The molecule has 0 aromatic heterocycles. The molecule has 1 unspecified atom stereocenters. The zero-order chi connectivity index (χ0) is 15.3. The van der Waals surface area contributed by atoms with Gasteiger partial charge in [0.2, 0.25) is 0 Å². The van der Waals surface area contributed by atoms with E-state index < -0.39 is 0 Å². The Morgan fingerprint density at radius 3 is 2.29 bits per heavy atom. The van der Waals surface area contributed by atoms with Crippen LogP contribution >= 0.6 is 0 Å². The van der Waals surface area contributed by atoms with Crippen molar-refractivity contribution in [1.29, 1.82) is 0 Å². The molecule has 2 rings (SSSR count). The van der Waals surface area contributed by atoms with Crippen LogP contribution in [0.15, 0.2) is 24.3 Å². The Morgan fingerprint density at radius 2 is 1.76 bits per heavy atom. The predicted octanol–water partition coefficient (Wildman–Crippen LogP) is 3.17. The number of aliphatic hydroxyl groups excluding tert-OH is 1. The molecule has 0 aliphatic carbocycles. The van der Waals surface area contributed by atoms with Gasteiger partial charge in [-0.05, 0) is 42.4 Å². The van der Waals surface area contributed by atoms with E-state index in [9.17, 15) is 5.11 Å². The van der Waals surface area contributed by atoms with Crippen molar-refractivity contribution in [1.82, 2.24) is 5.32 Å². The Labute approximate surface area is 129 Å². The Balaban J connectivity index is 1.90. The molecule has 1 atom stereocenters. The van der Waals surface area contributed by atoms with E-state index in [1.54, 1.807) is 0 Å². The summed E-state index contributed by atoms with van der Waals surface area (Å²) in [5.41, 5.74) is 2.82. The highest BCUT2D eigenvalue weighted by Gasteiger charge is 2.23. The monoisotopic (exact) mass is 290 g/mol. The molecule has 0 spiro atoms. The number of hydrogen-bond acceptors (Lipinski definition) is 3. The Bertz CT molecular complexity index is 416. The summed E-state index contributed by atoms with van der Waals surface area (Å²) in [5.74, 6) is 0. The third-order valence-corrected chi connectivity index (χ3v) is 4.42. The molecular formula is C18H30N2O. The van der Waals surface area contributed by atoms with Crippen LogP contribution in [0.3, 0.4) is 0 Å². The maximum absolute atomic E-state index is 9.21. The molecule has 0 amide bonds. The number of rotatable bonds is 6. The van der Waals surface area contributed by atoms with Gasteiger partial charge in [0.1, 0.15) is 0 Å². The molecule has 3 nitrogen and oxygen atoms in total. The quantitative estimate of drug-likeness (QED) is 0.844. The lowest BCUT2D eigenvalue weighted by atomic mass is 9.85. The van der Waals surface area contributed by atoms with Crippen LogP contribution < -0.4 is 10.2 Å². The van der Waals surface area contributed by atoms with Gasteiger partial charge >= 0.3 is 0 Å². The number of benzene rings is 1. The molecule has 1 aromatic rings. The molecule has 0 saturated carbocycles. The van der Waals surface area contributed by atoms with E-state index in [0.717, 1.165) is 13.0 Å². The minimum Gasteiger partial charge on any atom is -0.396 e. The van der Waals surface area contributed by atoms with Crippen LogP contribution in [0.4, 0.5) is 5.69 Å². The Morgan fingerprint density at radius 1 is 1.14 bits per heavy atom. The third-order valence-electron chi connectivity index (χ3n) is 4.42. The molecule has 21 heavy (non-hydrogen) atoms. The highest BCUT2D eigenvalue weighted by atomic mass is 16.3. The Hall–Kier alpha value is -1.06. The Kier molecular flexibility index (Phi) is 5.65. The lowest BCUT2D eigenvalue weighted by Crippen LogP contribution is -2.40. The third kappa shape index (κ3) is 4.72. The number of aliphatic hydroxyl groups is 1. The largest absolute Gasteiger partial charge is 0.396 e. The first-order valence-corrected chi connectivity index (χ1v) is 8.19. The number of nitrogens with zero attached hydrogens (tertiary/aromatic N) is 1. The van der Waals surface area contributed by atoms with Gasteiger partial charge in [-0.2, -0.15) is 0 Å². The van der Waals surface area contributed by atoms with Crippen molar-refractivity contribution in [2.24, 2.45) is 5.41 Å². The molecule has 2 N–H and O–H groups in total. The van der Waals surface area contributed by atoms with Gasteiger partial charge < -0.3 is 15.3 Å². The molecule has 1 aliphatic rings. The smallest absolute Gasteiger partial charge is 0.0446 e. The van der Waals surface area contributed by atoms with Crippen LogP contribution in [0.2, 0.25) is 0 Å². The number of nitrogens with one attached hydrogen (secondary N) is 1. The summed E-state index contributed by atoms with van der Waals surface area (Å²) in [6.07, 6.45) is 3.44. The van der Waals surface area contributed by atoms with Gasteiger partial charge in [-0.3, -0.25) is 0 Å². The van der Waals surface area contributed by atoms with Gasteiger partial charge in [-0.25, -0.2) is 0 Å². The molecule has 118 valence electrons. The topological polar surface area (TPSA) is 35.5 Å². The minimum absolute atomic E-state index is 0.165. The normalized spacial score (nSPS) is 17.2. The van der Waals surface area contributed by atoms with Crippen molar-refractivity contribution in [3.8, 4) is 0 Å². The van der Waals surface area contributed by atoms with E-state index in [0.29, 0.717) is 6.04 Å². The molecule has 0 radical (unpaired) electrons. The van der Waals surface area contributed by atoms with Crippen LogP contribution in [0.25, 0.3) is 0 Å². The highest BCUT2D eigenvalue weighted by Crippen LogP contribution is 2.23. The molecular weight excluding hydrogens is 260 g/mol. The van der Waals surface area contributed by atoms with Crippen LogP contribution in [0.1, 0.15) is 45.6 Å². The van der Waals surface area contributed by atoms with Crippen molar-refractivity contribution in [2.45, 2.75) is 52.6 Å². The van der Waals surface area contributed by atoms with E-state index in [1.807, 2.05) is 0 Å². The summed E-state index contributed by atoms with van der Waals surface area (Å²) in [4.78, 5) is 2.46. The SMILES string of the molecule is CC(C)(C)C(CCO)NCc1ccc(N2CCCC2)cc1. The summed E-state index contributed by atoms with van der Waals surface area (Å²) in [5, 5.41) is 12.8. The summed E-state index contributed by atoms with van der Waals surface area (Å²) in [7, 11) is 0. The first-order chi connectivity index (χ1) is 10.0. The van der Waals surface area contributed by atoms with Gasteiger partial charge in [0, 0.05) is 38.0 Å². The van der Waals surface area contributed by atoms with E-state index >= 15 is 0 Å². The van der Waals surface area contributed by atoms with Crippen molar-refractivity contribution < 1.29 is 5.11 Å². The van der Waals surface area contributed by atoms with Gasteiger partial charge in [-0.15, -0.1) is 0 Å². The minimum atomic E-state index is 0.165. The number of anilines is 1. The average molecular weight is 290 g/mol. The van der Waals surface area contributed by atoms with Crippen LogP contribution in [-0.2, 0) is 6.54 Å². The molecule has 1 fully saturated rings. The molecule has 1 aliphatic heterocycles. The predicted molar refractivity (Wildman–Crippen MR) is 89.7 cm³/mol. The second kappa shape index (κ2) is 7.28. The van der Waals surface area contributed by atoms with E-state index in [4.69, 9.17) is 0 Å². The number of hydrogen-bond donors (Lipinski definition) is 2. The van der Waals surface area contributed by atoms with Gasteiger partial charge in [0.25, 0.3) is 0 Å². The summed E-state index contributed by atoms with van der Waals surface area (Å²) < 4.78 is 0. The maximum atomic E-state index is 9.21. The molecule has 1 heterocycles. The lowest BCUT2D eigenvalue weighted by molar-refractivity contribution is 0.196. The maximum Gasteiger partial charge on any atom is 0.0446 e. The average Bonchev–Trinajstić information content (AvgIpc) is 2.97. The summed E-state index contributed by atoms with van der Waals surface area (Å²) in [6.45, 7) is 10.1. The molecule has 1 aromatic carbocycles. The van der Waals surface area contributed by atoms with Crippen LogP contribution in [-0.4, -0.2) is 30.8 Å². The standard InChI is InChI=1S/C18H30N2O/c1-18(2,3)17(10-13-21)19-14-15-6-8-16(9-7-15)20-11-4-5-12-20/h6-9,17,19,21H,4-5,10-14H2,1-3H3. The zero-order valence-corrected chi connectivity index (χ0v) is 13.7. The van der Waals surface area contributed by atoms with Crippen molar-refractivity contribution in [2.75, 3.05) is 24.6 Å². The lowest BCUT2D eigenvalue weighted by Gasteiger charge is -2.31. The van der Waals surface area contributed by atoms with Gasteiger partial charge in [-0.1, -0.05) is 32.9 Å². The molecule has 1 saturated heterocycles. The second-order valence-electron chi connectivity index (χ2n) is 7.17. The second-order valence-corrected chi connectivity index (χ2v) is 7.17. The fourth-order valence-corrected chi connectivity index (χ4v) is 3.01. The summed E-state index contributed by atoms with van der Waals surface area (Å²) >= 11 is 0. The van der Waals surface area contributed by atoms with E-state index in [2.05, 4.69) is 55.3 Å². The van der Waals surface area contributed by atoms with Gasteiger partial charge in [0.05, 0.1) is 0 Å². The molecule has 3 heteroatoms. The highest BCUT2D eigenvalue weighted by molar-refractivity contribution is 5.48. The summed E-state index contributed by atoms with van der Waals surface area (Å²) in [6, 6.07) is 9.25. The van der Waals surface area contributed by atoms with Crippen molar-refractivity contribution in [3.63, 3.8) is 0 Å². The fraction of sp³-hybridized carbons (Fsp3) is 0.667. The first-order valence-electron chi connectivity index (χ1n) is 8.19. The van der Waals surface area contributed by atoms with E-state index in [1.165, 1.54) is 37.2 Å². The fourth-order valence-electron chi connectivity index (χ4n) is 3.01. The first kappa shape index (κ1) is 16.3.